The highest BCUT2D eigenvalue weighted by atomic mass is 35.5. The van der Waals surface area contributed by atoms with Crippen molar-refractivity contribution >= 4 is 29.6 Å². The molecular formula is C15H15ClN4O2. The number of carbonyl (C=O) groups excluding carboxylic acids is 2. The Bertz CT molecular complexity index is 748. The molecule has 0 bridgehead atoms. The first kappa shape index (κ1) is 15.8. The minimum atomic E-state index is -1.08. The molecule has 7 heteroatoms. The Morgan fingerprint density at radius 2 is 1.91 bits per heavy atom. The highest BCUT2D eigenvalue weighted by Crippen LogP contribution is 2.21. The zero-order valence-electron chi connectivity index (χ0n) is 12.1. The molecule has 1 aromatic heterocycles. The van der Waals surface area contributed by atoms with Crippen molar-refractivity contribution in [3.8, 4) is 5.69 Å². The van der Waals surface area contributed by atoms with E-state index in [-0.39, 0.29) is 0 Å². The molecule has 114 valence electrons. The van der Waals surface area contributed by atoms with Crippen molar-refractivity contribution in [2.24, 2.45) is 10.8 Å². The highest BCUT2D eigenvalue weighted by Gasteiger charge is 2.10. The summed E-state index contributed by atoms with van der Waals surface area (Å²) in [6.45, 7) is 3.89. The molecule has 2 amide bonds. The second-order valence-electron chi connectivity index (χ2n) is 4.70. The van der Waals surface area contributed by atoms with Crippen LogP contribution in [0.3, 0.4) is 0 Å². The third-order valence-corrected chi connectivity index (χ3v) is 3.40. The summed E-state index contributed by atoms with van der Waals surface area (Å²) in [7, 11) is 0. The minimum Gasteiger partial charge on any atom is -0.361 e. The number of rotatable bonds is 3. The number of hydrogen-bond acceptors (Lipinski definition) is 3. The molecule has 0 radical (unpaired) electrons. The summed E-state index contributed by atoms with van der Waals surface area (Å²) in [5.41, 5.74) is 10.6. The number of nitrogens with one attached hydrogen (secondary N) is 1. The second kappa shape index (κ2) is 6.44. The van der Waals surface area contributed by atoms with E-state index in [4.69, 9.17) is 17.3 Å². The van der Waals surface area contributed by atoms with Gasteiger partial charge in [-0.2, -0.15) is 5.10 Å². The van der Waals surface area contributed by atoms with Crippen LogP contribution in [0.5, 0.6) is 0 Å². The van der Waals surface area contributed by atoms with Gasteiger partial charge in [-0.15, -0.1) is 0 Å². The highest BCUT2D eigenvalue weighted by molar-refractivity contribution is 6.34. The van der Waals surface area contributed by atoms with Crippen LogP contribution in [0.15, 0.2) is 35.4 Å². The fraction of sp³-hybridized carbons (Fsp3) is 0.133. The number of benzene rings is 1. The van der Waals surface area contributed by atoms with E-state index < -0.39 is 11.8 Å². The molecule has 2 rings (SSSR count). The van der Waals surface area contributed by atoms with Gasteiger partial charge >= 0.3 is 11.8 Å². The van der Waals surface area contributed by atoms with Gasteiger partial charge in [-0.05, 0) is 44.2 Å². The Kier molecular flexibility index (Phi) is 4.62. The van der Waals surface area contributed by atoms with Crippen molar-refractivity contribution < 1.29 is 9.59 Å². The van der Waals surface area contributed by atoms with Crippen molar-refractivity contribution in [3.63, 3.8) is 0 Å². The molecule has 0 atom stereocenters. The van der Waals surface area contributed by atoms with Gasteiger partial charge in [-0.25, -0.2) is 5.43 Å². The van der Waals surface area contributed by atoms with E-state index in [1.807, 2.05) is 48.7 Å². The minimum absolute atomic E-state index is 0.669. The summed E-state index contributed by atoms with van der Waals surface area (Å²) in [4.78, 5) is 21.6. The number of amides is 2. The van der Waals surface area contributed by atoms with Crippen LogP contribution in [0.4, 0.5) is 0 Å². The number of aryl methyl sites for hydroxylation is 1. The van der Waals surface area contributed by atoms with Crippen LogP contribution < -0.4 is 11.2 Å². The van der Waals surface area contributed by atoms with Gasteiger partial charge in [-0.1, -0.05) is 11.6 Å². The SMILES string of the molecule is Cc1cc(/C=N\NC(=O)C(N)=O)c(C)n1-c1ccc(Cl)cc1. The number of carbonyl (C=O) groups is 2. The summed E-state index contributed by atoms with van der Waals surface area (Å²) in [5, 5.41) is 4.39. The van der Waals surface area contributed by atoms with Crippen molar-refractivity contribution in [1.29, 1.82) is 0 Å². The van der Waals surface area contributed by atoms with E-state index in [0.29, 0.717) is 5.02 Å². The lowest BCUT2D eigenvalue weighted by atomic mass is 10.2. The first-order valence-corrected chi connectivity index (χ1v) is 6.85. The molecule has 0 aliphatic carbocycles. The van der Waals surface area contributed by atoms with Gasteiger partial charge in [0.15, 0.2) is 0 Å². The molecule has 0 spiro atoms. The monoisotopic (exact) mass is 318 g/mol. The molecule has 0 unspecified atom stereocenters. The van der Waals surface area contributed by atoms with Crippen LogP contribution in [-0.2, 0) is 9.59 Å². The van der Waals surface area contributed by atoms with Crippen molar-refractivity contribution in [3.05, 3.63) is 52.3 Å². The fourth-order valence-corrected chi connectivity index (χ4v) is 2.25. The molecule has 1 heterocycles. The van der Waals surface area contributed by atoms with Gasteiger partial charge < -0.3 is 10.3 Å². The van der Waals surface area contributed by atoms with Crippen molar-refractivity contribution in [2.75, 3.05) is 0 Å². The third kappa shape index (κ3) is 3.35. The van der Waals surface area contributed by atoms with Crippen molar-refractivity contribution in [2.45, 2.75) is 13.8 Å². The summed E-state index contributed by atoms with van der Waals surface area (Å²) >= 11 is 5.90. The Morgan fingerprint density at radius 1 is 1.27 bits per heavy atom. The van der Waals surface area contributed by atoms with Crippen LogP contribution in [-0.4, -0.2) is 22.6 Å². The van der Waals surface area contributed by atoms with Gasteiger partial charge in [0.2, 0.25) is 0 Å². The number of aromatic nitrogens is 1. The molecule has 6 nitrogen and oxygen atoms in total. The number of nitrogens with zero attached hydrogens (tertiary/aromatic N) is 2. The standard InChI is InChI=1S/C15H15ClN4O2/c1-9-7-11(8-18-19-15(22)14(17)21)10(2)20(9)13-5-3-12(16)4-6-13/h3-8H,1-2H3,(H2,17,21)(H,19,22)/b18-8-. The maximum atomic E-state index is 11.0. The Morgan fingerprint density at radius 3 is 2.50 bits per heavy atom. The summed E-state index contributed by atoms with van der Waals surface area (Å²) in [5.74, 6) is -2.04. The van der Waals surface area contributed by atoms with Gasteiger partial charge in [0.1, 0.15) is 0 Å². The molecule has 0 aliphatic rings. The van der Waals surface area contributed by atoms with Crippen LogP contribution in [0.2, 0.25) is 5.02 Å². The summed E-state index contributed by atoms with van der Waals surface area (Å²) in [6, 6.07) is 9.38. The number of hydrazone groups is 1. The van der Waals surface area contributed by atoms with E-state index >= 15 is 0 Å². The third-order valence-electron chi connectivity index (χ3n) is 3.15. The van der Waals surface area contributed by atoms with E-state index in [1.54, 1.807) is 0 Å². The molecule has 0 fully saturated rings. The molecule has 22 heavy (non-hydrogen) atoms. The zero-order valence-corrected chi connectivity index (χ0v) is 12.9. The van der Waals surface area contributed by atoms with Crippen LogP contribution >= 0.6 is 11.6 Å². The number of halogens is 1. The number of nitrogens with two attached hydrogens (primary N) is 1. The maximum Gasteiger partial charge on any atom is 0.329 e. The topological polar surface area (TPSA) is 89.5 Å². The van der Waals surface area contributed by atoms with Crippen LogP contribution in [0.1, 0.15) is 17.0 Å². The first-order chi connectivity index (χ1) is 10.4. The second-order valence-corrected chi connectivity index (χ2v) is 5.14. The number of primary amides is 1. The van der Waals surface area contributed by atoms with Crippen LogP contribution in [0.25, 0.3) is 5.69 Å². The van der Waals surface area contributed by atoms with E-state index in [0.717, 1.165) is 22.6 Å². The predicted molar refractivity (Wildman–Crippen MR) is 85.2 cm³/mol. The molecule has 0 saturated carbocycles. The van der Waals surface area contributed by atoms with E-state index in [9.17, 15) is 9.59 Å². The molecule has 1 aromatic carbocycles. The Balaban J connectivity index is 2.27. The average Bonchev–Trinajstić information content (AvgIpc) is 2.74. The van der Waals surface area contributed by atoms with Gasteiger partial charge in [-0.3, -0.25) is 9.59 Å². The Labute approximate surface area is 132 Å². The smallest absolute Gasteiger partial charge is 0.329 e. The number of hydrogen-bond donors (Lipinski definition) is 2. The lowest BCUT2D eigenvalue weighted by molar-refractivity contribution is -0.137. The lowest BCUT2D eigenvalue weighted by Gasteiger charge is -2.09. The van der Waals surface area contributed by atoms with E-state index in [2.05, 4.69) is 10.5 Å². The Hall–Kier alpha value is -2.60. The fourth-order valence-electron chi connectivity index (χ4n) is 2.12. The summed E-state index contributed by atoms with van der Waals surface area (Å²) in [6.07, 6.45) is 1.47. The lowest BCUT2D eigenvalue weighted by Crippen LogP contribution is -2.32. The molecule has 0 saturated heterocycles. The summed E-state index contributed by atoms with van der Waals surface area (Å²) < 4.78 is 2.04. The van der Waals surface area contributed by atoms with Gasteiger partial charge in [0.25, 0.3) is 0 Å². The molecular weight excluding hydrogens is 304 g/mol. The average molecular weight is 319 g/mol. The molecule has 3 N–H and O–H groups in total. The zero-order chi connectivity index (χ0) is 16.3. The maximum absolute atomic E-state index is 11.0. The van der Waals surface area contributed by atoms with Gasteiger partial charge in [0, 0.05) is 27.7 Å². The largest absolute Gasteiger partial charge is 0.361 e. The molecule has 0 aliphatic heterocycles. The van der Waals surface area contributed by atoms with Crippen LogP contribution in [0, 0.1) is 13.8 Å². The van der Waals surface area contributed by atoms with Gasteiger partial charge in [0.05, 0.1) is 6.21 Å². The molecule has 2 aromatic rings. The first-order valence-electron chi connectivity index (χ1n) is 6.48. The van der Waals surface area contributed by atoms with Crippen molar-refractivity contribution in [1.82, 2.24) is 9.99 Å². The quantitative estimate of drug-likeness (QED) is 0.512. The van der Waals surface area contributed by atoms with E-state index in [1.165, 1.54) is 6.21 Å². The normalized spacial score (nSPS) is 10.9. The predicted octanol–water partition coefficient (Wildman–Crippen LogP) is 1.68.